The number of nitrogens with zero attached hydrogens (tertiary/aromatic N) is 2. The Morgan fingerprint density at radius 3 is 2.76 bits per heavy atom. The van der Waals surface area contributed by atoms with Crippen LogP contribution in [0.4, 0.5) is 0 Å². The zero-order valence-electron chi connectivity index (χ0n) is 11.8. The van der Waals surface area contributed by atoms with Crippen molar-refractivity contribution in [3.05, 3.63) is 46.2 Å². The first-order valence-electron chi connectivity index (χ1n) is 6.54. The fraction of sp³-hybridized carbons (Fsp3) is 0.357. The Balaban J connectivity index is 2.45. The number of aliphatic hydroxyl groups is 1. The molecule has 1 heterocycles. The van der Waals surface area contributed by atoms with E-state index in [1.165, 1.54) is 12.1 Å². The molecule has 1 unspecified atom stereocenters. The van der Waals surface area contributed by atoms with Gasteiger partial charge in [-0.2, -0.15) is 5.10 Å². The van der Waals surface area contributed by atoms with Crippen LogP contribution in [0.15, 0.2) is 39.8 Å². The van der Waals surface area contributed by atoms with Crippen LogP contribution in [-0.4, -0.2) is 29.6 Å². The SMILES string of the molecule is CCCn1ncc(Br)c1C(O)c1cccc(S(C)(=O)=O)c1. The lowest BCUT2D eigenvalue weighted by Crippen LogP contribution is -2.11. The summed E-state index contributed by atoms with van der Waals surface area (Å²) >= 11 is 3.38. The zero-order chi connectivity index (χ0) is 15.6. The predicted molar refractivity (Wildman–Crippen MR) is 83.8 cm³/mol. The molecule has 0 saturated carbocycles. The lowest BCUT2D eigenvalue weighted by molar-refractivity contribution is 0.206. The predicted octanol–water partition coefficient (Wildman–Crippen LogP) is 2.54. The van der Waals surface area contributed by atoms with Crippen LogP contribution in [0.3, 0.4) is 0 Å². The van der Waals surface area contributed by atoms with Gasteiger partial charge < -0.3 is 5.11 Å². The number of aryl methyl sites for hydroxylation is 1. The van der Waals surface area contributed by atoms with Crippen molar-refractivity contribution in [2.45, 2.75) is 30.9 Å². The maximum atomic E-state index is 11.6. The monoisotopic (exact) mass is 372 g/mol. The molecule has 0 aliphatic heterocycles. The maximum absolute atomic E-state index is 11.6. The van der Waals surface area contributed by atoms with Crippen LogP contribution >= 0.6 is 15.9 Å². The number of halogens is 1. The minimum atomic E-state index is -3.30. The third-order valence-corrected chi connectivity index (χ3v) is 4.85. The Bertz CT molecular complexity index is 740. The molecule has 0 aliphatic carbocycles. The summed E-state index contributed by atoms with van der Waals surface area (Å²) in [6.07, 6.45) is 2.73. The average molecular weight is 373 g/mol. The number of benzene rings is 1. The van der Waals surface area contributed by atoms with Gasteiger partial charge in [0.2, 0.25) is 0 Å². The third-order valence-electron chi connectivity index (χ3n) is 3.13. The highest BCUT2D eigenvalue weighted by atomic mass is 79.9. The van der Waals surface area contributed by atoms with Crippen molar-refractivity contribution in [3.8, 4) is 0 Å². The van der Waals surface area contributed by atoms with E-state index in [0.29, 0.717) is 22.3 Å². The fourth-order valence-electron chi connectivity index (χ4n) is 2.11. The summed E-state index contributed by atoms with van der Waals surface area (Å²) in [5.74, 6) is 0. The Morgan fingerprint density at radius 1 is 1.43 bits per heavy atom. The number of aliphatic hydroxyl groups excluding tert-OH is 1. The highest BCUT2D eigenvalue weighted by Gasteiger charge is 2.20. The van der Waals surface area contributed by atoms with Crippen LogP contribution in [-0.2, 0) is 16.4 Å². The van der Waals surface area contributed by atoms with Gasteiger partial charge in [0.1, 0.15) is 6.10 Å². The van der Waals surface area contributed by atoms with Crippen LogP contribution in [0.2, 0.25) is 0 Å². The van der Waals surface area contributed by atoms with Crippen LogP contribution in [0.5, 0.6) is 0 Å². The van der Waals surface area contributed by atoms with Gasteiger partial charge in [-0.1, -0.05) is 19.1 Å². The molecule has 1 N–H and O–H groups in total. The van der Waals surface area contributed by atoms with Gasteiger partial charge in [0, 0.05) is 12.8 Å². The molecule has 2 rings (SSSR count). The topological polar surface area (TPSA) is 72.2 Å². The molecule has 0 spiro atoms. The highest BCUT2D eigenvalue weighted by molar-refractivity contribution is 9.10. The molecule has 0 fully saturated rings. The number of hydrogen-bond acceptors (Lipinski definition) is 4. The molecule has 0 bridgehead atoms. The molecular formula is C14H17BrN2O3S. The summed E-state index contributed by atoms with van der Waals surface area (Å²) in [5.41, 5.74) is 1.15. The van der Waals surface area contributed by atoms with Gasteiger partial charge in [-0.25, -0.2) is 8.42 Å². The van der Waals surface area contributed by atoms with Gasteiger partial charge in [0.05, 0.1) is 21.3 Å². The largest absolute Gasteiger partial charge is 0.382 e. The van der Waals surface area contributed by atoms with Crippen molar-refractivity contribution < 1.29 is 13.5 Å². The molecule has 0 amide bonds. The Hall–Kier alpha value is -1.18. The Morgan fingerprint density at radius 2 is 2.14 bits per heavy atom. The molecule has 0 saturated heterocycles. The molecule has 0 radical (unpaired) electrons. The minimum Gasteiger partial charge on any atom is -0.382 e. The molecule has 1 aromatic carbocycles. The molecule has 114 valence electrons. The second-order valence-electron chi connectivity index (χ2n) is 4.85. The number of aromatic nitrogens is 2. The van der Waals surface area contributed by atoms with Gasteiger partial charge in [0.25, 0.3) is 0 Å². The first-order valence-corrected chi connectivity index (χ1v) is 9.22. The molecule has 7 heteroatoms. The van der Waals surface area contributed by atoms with E-state index >= 15 is 0 Å². The second kappa shape index (κ2) is 6.29. The van der Waals surface area contributed by atoms with Crippen molar-refractivity contribution >= 4 is 25.8 Å². The normalized spacial score (nSPS) is 13.3. The quantitative estimate of drug-likeness (QED) is 0.874. The van der Waals surface area contributed by atoms with E-state index < -0.39 is 15.9 Å². The molecule has 1 aromatic heterocycles. The summed E-state index contributed by atoms with van der Waals surface area (Å²) in [6.45, 7) is 2.71. The summed E-state index contributed by atoms with van der Waals surface area (Å²) < 4.78 is 25.7. The van der Waals surface area contributed by atoms with E-state index in [-0.39, 0.29) is 4.90 Å². The fourth-order valence-corrected chi connectivity index (χ4v) is 3.30. The first kappa shape index (κ1) is 16.2. The second-order valence-corrected chi connectivity index (χ2v) is 7.72. The highest BCUT2D eigenvalue weighted by Crippen LogP contribution is 2.29. The molecule has 5 nitrogen and oxygen atoms in total. The number of hydrogen-bond donors (Lipinski definition) is 1. The minimum absolute atomic E-state index is 0.191. The summed E-state index contributed by atoms with van der Waals surface area (Å²) in [4.78, 5) is 0.191. The van der Waals surface area contributed by atoms with Crippen molar-refractivity contribution in [2.75, 3.05) is 6.26 Å². The average Bonchev–Trinajstić information content (AvgIpc) is 2.79. The van der Waals surface area contributed by atoms with Gasteiger partial charge in [-0.15, -0.1) is 0 Å². The summed E-state index contributed by atoms with van der Waals surface area (Å²) in [5, 5.41) is 14.8. The Kier molecular flexibility index (Phi) is 4.85. The van der Waals surface area contributed by atoms with Crippen molar-refractivity contribution in [1.29, 1.82) is 0 Å². The van der Waals surface area contributed by atoms with Crippen LogP contribution in [0.1, 0.15) is 30.7 Å². The van der Waals surface area contributed by atoms with Gasteiger partial charge in [-0.05, 0) is 40.0 Å². The lowest BCUT2D eigenvalue weighted by atomic mass is 10.1. The Labute approximate surface area is 132 Å². The van der Waals surface area contributed by atoms with E-state index in [2.05, 4.69) is 21.0 Å². The molecule has 2 aromatic rings. The van der Waals surface area contributed by atoms with Crippen molar-refractivity contribution in [1.82, 2.24) is 9.78 Å². The molecule has 1 atom stereocenters. The number of sulfone groups is 1. The van der Waals surface area contributed by atoms with E-state index in [0.717, 1.165) is 12.7 Å². The van der Waals surface area contributed by atoms with E-state index in [4.69, 9.17) is 0 Å². The standard InChI is InChI=1S/C14H17BrN2O3S/c1-3-7-17-13(12(15)9-16-17)14(18)10-5-4-6-11(8-10)21(2,19)20/h4-6,8-9,14,18H,3,7H2,1-2H3. The summed E-state index contributed by atoms with van der Waals surface area (Å²) in [6, 6.07) is 6.35. The molecular weight excluding hydrogens is 356 g/mol. The van der Waals surface area contributed by atoms with Gasteiger partial charge in [-0.3, -0.25) is 4.68 Å². The molecule has 0 aliphatic rings. The van der Waals surface area contributed by atoms with Crippen LogP contribution in [0, 0.1) is 0 Å². The van der Waals surface area contributed by atoms with Gasteiger partial charge in [0.15, 0.2) is 9.84 Å². The summed E-state index contributed by atoms with van der Waals surface area (Å²) in [7, 11) is -3.30. The molecule has 21 heavy (non-hydrogen) atoms. The first-order chi connectivity index (χ1) is 9.84. The van der Waals surface area contributed by atoms with E-state index in [1.54, 1.807) is 23.0 Å². The zero-order valence-corrected chi connectivity index (χ0v) is 14.2. The van der Waals surface area contributed by atoms with E-state index in [1.807, 2.05) is 6.92 Å². The maximum Gasteiger partial charge on any atom is 0.175 e. The van der Waals surface area contributed by atoms with Crippen molar-refractivity contribution in [3.63, 3.8) is 0 Å². The van der Waals surface area contributed by atoms with Crippen molar-refractivity contribution in [2.24, 2.45) is 0 Å². The van der Waals surface area contributed by atoms with E-state index in [9.17, 15) is 13.5 Å². The smallest absolute Gasteiger partial charge is 0.175 e. The third kappa shape index (κ3) is 3.53. The van der Waals surface area contributed by atoms with Gasteiger partial charge >= 0.3 is 0 Å². The van der Waals surface area contributed by atoms with Crippen LogP contribution < -0.4 is 0 Å². The number of rotatable bonds is 5. The van der Waals surface area contributed by atoms with Crippen LogP contribution in [0.25, 0.3) is 0 Å². The lowest BCUT2D eigenvalue weighted by Gasteiger charge is -2.15.